The van der Waals surface area contributed by atoms with E-state index in [1.165, 1.54) is 0 Å². The fraction of sp³-hybridized carbons (Fsp3) is 0.294. The van der Waals surface area contributed by atoms with E-state index in [0.717, 1.165) is 41.8 Å². The van der Waals surface area contributed by atoms with Crippen LogP contribution in [0.2, 0.25) is 0 Å². The third-order valence-corrected chi connectivity index (χ3v) is 3.93. The van der Waals surface area contributed by atoms with Crippen LogP contribution in [-0.2, 0) is 0 Å². The highest BCUT2D eigenvalue weighted by atomic mass is 16.6. The van der Waals surface area contributed by atoms with Crippen molar-refractivity contribution < 1.29 is 9.66 Å². The van der Waals surface area contributed by atoms with E-state index in [-0.39, 0.29) is 16.7 Å². The van der Waals surface area contributed by atoms with Crippen LogP contribution in [-0.4, -0.2) is 18.5 Å². The minimum absolute atomic E-state index is 0.111. The van der Waals surface area contributed by atoms with Crippen LogP contribution >= 0.6 is 0 Å². The van der Waals surface area contributed by atoms with Gasteiger partial charge in [-0.2, -0.15) is 0 Å². The second-order valence-electron chi connectivity index (χ2n) is 5.38. The Kier molecular flexibility index (Phi) is 4.06. The monoisotopic (exact) mass is 298 g/mol. The third-order valence-electron chi connectivity index (χ3n) is 3.93. The molecular formula is C17H18N2O3. The summed E-state index contributed by atoms with van der Waals surface area (Å²) in [4.78, 5) is 10.7. The van der Waals surface area contributed by atoms with E-state index < -0.39 is 0 Å². The van der Waals surface area contributed by atoms with Crippen molar-refractivity contribution in [1.82, 2.24) is 5.32 Å². The Bertz CT molecular complexity index is 700. The molecule has 22 heavy (non-hydrogen) atoms. The van der Waals surface area contributed by atoms with Crippen molar-refractivity contribution >= 4 is 5.69 Å². The zero-order valence-corrected chi connectivity index (χ0v) is 12.4. The normalized spacial score (nSPS) is 15.6. The maximum atomic E-state index is 11.1. The lowest BCUT2D eigenvalue weighted by Gasteiger charge is -2.28. The Labute approximate surface area is 129 Å². The summed E-state index contributed by atoms with van der Waals surface area (Å²) < 4.78 is 6.09. The fourth-order valence-corrected chi connectivity index (χ4v) is 2.86. The van der Waals surface area contributed by atoms with E-state index >= 15 is 0 Å². The van der Waals surface area contributed by atoms with Gasteiger partial charge in [-0.3, -0.25) is 10.1 Å². The Morgan fingerprint density at radius 1 is 1.23 bits per heavy atom. The number of nitrogens with zero attached hydrogens (tertiary/aromatic N) is 1. The van der Waals surface area contributed by atoms with Gasteiger partial charge >= 0.3 is 0 Å². The molecule has 5 heteroatoms. The molecule has 0 aromatic heterocycles. The molecule has 2 aromatic carbocycles. The number of para-hydroxylation sites is 1. The van der Waals surface area contributed by atoms with Gasteiger partial charge in [0.05, 0.1) is 4.92 Å². The number of hydrogen-bond donors (Lipinski definition) is 1. The molecule has 0 spiro atoms. The molecule has 0 fully saturated rings. The average Bonchev–Trinajstić information content (AvgIpc) is 2.54. The zero-order chi connectivity index (χ0) is 15.5. The van der Waals surface area contributed by atoms with Gasteiger partial charge in [0.15, 0.2) is 0 Å². The third kappa shape index (κ3) is 2.67. The van der Waals surface area contributed by atoms with Crippen molar-refractivity contribution in [3.05, 3.63) is 58.1 Å². The molecule has 1 atom stereocenters. The van der Waals surface area contributed by atoms with Crippen LogP contribution in [0.5, 0.6) is 5.75 Å². The average molecular weight is 298 g/mol. The van der Waals surface area contributed by atoms with Crippen LogP contribution in [0.15, 0.2) is 42.5 Å². The molecule has 0 saturated heterocycles. The number of rotatable bonds is 5. The highest BCUT2D eigenvalue weighted by Gasteiger charge is 2.27. The minimum atomic E-state index is -0.356. The van der Waals surface area contributed by atoms with E-state index in [1.54, 1.807) is 12.1 Å². The molecule has 0 bridgehead atoms. The molecule has 3 rings (SSSR count). The summed E-state index contributed by atoms with van der Waals surface area (Å²) in [7, 11) is 1.91. The number of nitro groups is 1. The molecule has 114 valence electrons. The predicted molar refractivity (Wildman–Crippen MR) is 85.1 cm³/mol. The van der Waals surface area contributed by atoms with Gasteiger partial charge < -0.3 is 10.1 Å². The molecule has 2 aromatic rings. The van der Waals surface area contributed by atoms with Crippen molar-refractivity contribution in [1.29, 1.82) is 0 Å². The first-order valence-corrected chi connectivity index (χ1v) is 7.39. The Morgan fingerprint density at radius 2 is 2.05 bits per heavy atom. The highest BCUT2D eigenvalue weighted by molar-refractivity contribution is 5.76. The summed E-state index contributed by atoms with van der Waals surface area (Å²) in [6.07, 6.45) is 1.63. The van der Waals surface area contributed by atoms with E-state index in [9.17, 15) is 10.1 Å². The van der Waals surface area contributed by atoms with Gasteiger partial charge in [-0.1, -0.05) is 18.2 Å². The standard InChI is InChI=1S/C17H18N2O3/c1-18-10-4-7-17-15-11-12(19(20)21)8-9-13(15)14-5-2-3-6-16(14)22-17/h2-3,5-6,8-9,11,17-18H,4,7,10H2,1H3. The second-order valence-corrected chi connectivity index (χ2v) is 5.38. The fourth-order valence-electron chi connectivity index (χ4n) is 2.86. The maximum Gasteiger partial charge on any atom is 0.269 e. The predicted octanol–water partition coefficient (Wildman–Crippen LogP) is 3.69. The first-order valence-electron chi connectivity index (χ1n) is 7.39. The Hall–Kier alpha value is -2.40. The lowest BCUT2D eigenvalue weighted by Crippen LogP contribution is -2.17. The van der Waals surface area contributed by atoms with Crippen LogP contribution < -0.4 is 10.1 Å². The van der Waals surface area contributed by atoms with Crippen LogP contribution in [0.1, 0.15) is 24.5 Å². The van der Waals surface area contributed by atoms with Crippen molar-refractivity contribution in [2.75, 3.05) is 13.6 Å². The smallest absolute Gasteiger partial charge is 0.269 e. The van der Waals surface area contributed by atoms with E-state index in [4.69, 9.17) is 4.74 Å². The maximum absolute atomic E-state index is 11.1. The van der Waals surface area contributed by atoms with Crippen molar-refractivity contribution in [3.8, 4) is 16.9 Å². The molecule has 0 saturated carbocycles. The van der Waals surface area contributed by atoms with Crippen LogP contribution in [0.4, 0.5) is 5.69 Å². The SMILES string of the molecule is CNCCCC1Oc2ccccc2-c2ccc([N+](=O)[O-])cc21. The first kappa shape index (κ1) is 14.5. The molecule has 1 aliphatic heterocycles. The van der Waals surface area contributed by atoms with Crippen LogP contribution in [0.3, 0.4) is 0 Å². The van der Waals surface area contributed by atoms with Gasteiger partial charge in [0.25, 0.3) is 5.69 Å². The lowest BCUT2D eigenvalue weighted by atomic mass is 9.90. The van der Waals surface area contributed by atoms with Crippen LogP contribution in [0.25, 0.3) is 11.1 Å². The topological polar surface area (TPSA) is 64.4 Å². The van der Waals surface area contributed by atoms with Gasteiger partial charge in [-0.05, 0) is 44.1 Å². The van der Waals surface area contributed by atoms with Gasteiger partial charge in [0.2, 0.25) is 0 Å². The molecule has 0 radical (unpaired) electrons. The van der Waals surface area contributed by atoms with Gasteiger partial charge in [0, 0.05) is 23.3 Å². The second kappa shape index (κ2) is 6.15. The van der Waals surface area contributed by atoms with Crippen molar-refractivity contribution in [3.63, 3.8) is 0 Å². The summed E-state index contributed by atoms with van der Waals surface area (Å²) >= 11 is 0. The summed E-state index contributed by atoms with van der Waals surface area (Å²) in [5, 5.41) is 14.2. The summed E-state index contributed by atoms with van der Waals surface area (Å²) in [6.45, 7) is 0.895. The lowest BCUT2D eigenvalue weighted by molar-refractivity contribution is -0.385. The molecule has 1 N–H and O–H groups in total. The summed E-state index contributed by atoms with van der Waals surface area (Å²) in [5.41, 5.74) is 3.04. The summed E-state index contributed by atoms with van der Waals surface area (Å²) in [6, 6.07) is 12.9. The van der Waals surface area contributed by atoms with E-state index in [0.29, 0.717) is 0 Å². The number of non-ortho nitro benzene ring substituents is 1. The number of nitro benzene ring substituents is 1. The zero-order valence-electron chi connectivity index (χ0n) is 12.4. The summed E-state index contributed by atoms with van der Waals surface area (Å²) in [5.74, 6) is 0.846. The molecule has 0 aliphatic carbocycles. The van der Waals surface area contributed by atoms with Crippen molar-refractivity contribution in [2.24, 2.45) is 0 Å². The number of hydrogen-bond acceptors (Lipinski definition) is 4. The molecule has 1 heterocycles. The molecule has 0 amide bonds. The van der Waals surface area contributed by atoms with E-state index in [2.05, 4.69) is 5.32 Å². The minimum Gasteiger partial charge on any atom is -0.485 e. The number of ether oxygens (including phenoxy) is 1. The Balaban J connectivity index is 2.03. The van der Waals surface area contributed by atoms with Gasteiger partial charge in [0.1, 0.15) is 11.9 Å². The van der Waals surface area contributed by atoms with Gasteiger partial charge in [-0.25, -0.2) is 0 Å². The molecule has 1 aliphatic rings. The van der Waals surface area contributed by atoms with E-state index in [1.807, 2.05) is 37.4 Å². The Morgan fingerprint density at radius 3 is 2.82 bits per heavy atom. The van der Waals surface area contributed by atoms with Crippen LogP contribution in [0, 0.1) is 10.1 Å². The largest absolute Gasteiger partial charge is 0.485 e. The molecule has 5 nitrogen and oxygen atoms in total. The first-order chi connectivity index (χ1) is 10.7. The molecular weight excluding hydrogens is 280 g/mol. The van der Waals surface area contributed by atoms with Gasteiger partial charge in [-0.15, -0.1) is 0 Å². The number of benzene rings is 2. The quantitative estimate of drug-likeness (QED) is 0.519. The van der Waals surface area contributed by atoms with Crippen molar-refractivity contribution in [2.45, 2.75) is 18.9 Å². The number of fused-ring (bicyclic) bond motifs is 3. The molecule has 1 unspecified atom stereocenters. The number of nitrogens with one attached hydrogen (secondary N) is 1. The highest BCUT2D eigenvalue weighted by Crippen LogP contribution is 2.44.